The Morgan fingerprint density at radius 2 is 1.27 bits per heavy atom. The van der Waals surface area contributed by atoms with Crippen LogP contribution in [0.15, 0.2) is 12.2 Å². The molecule has 0 rings (SSSR count). The van der Waals surface area contributed by atoms with E-state index in [0.717, 1.165) is 0 Å². The zero-order chi connectivity index (χ0) is 7.98. The molecule has 0 aliphatic rings. The third kappa shape index (κ3) is 12.4. The van der Waals surface area contributed by atoms with E-state index in [0.29, 0.717) is 0 Å². The van der Waals surface area contributed by atoms with Crippen molar-refractivity contribution >= 4 is 11.9 Å². The minimum absolute atomic E-state index is 0. The molecular weight excluding hydrogens is 192 g/mol. The number of carbonyl (C=O) groups excluding carboxylic acids is 2. The molecule has 5 heteroatoms. The number of carboxylic acids is 2. The molecular formula is C6H6FeO4. The van der Waals surface area contributed by atoms with Crippen molar-refractivity contribution in [1.82, 2.24) is 0 Å². The van der Waals surface area contributed by atoms with Crippen molar-refractivity contribution < 1.29 is 36.9 Å². The summed E-state index contributed by atoms with van der Waals surface area (Å²) in [7, 11) is 0. The SMILES string of the molecule is O=C([O-])CC=CCC(=O)[O-].[Fe+2]. The third-order valence-corrected chi connectivity index (χ3v) is 0.736. The zero-order valence-corrected chi connectivity index (χ0v) is 6.66. The Labute approximate surface area is 74.4 Å². The molecule has 0 radical (unpaired) electrons. The van der Waals surface area contributed by atoms with Crippen LogP contribution < -0.4 is 10.2 Å². The molecule has 0 amide bonds. The maximum Gasteiger partial charge on any atom is 2.00 e. The molecule has 0 saturated heterocycles. The normalized spacial score (nSPS) is 9.09. The van der Waals surface area contributed by atoms with Crippen molar-refractivity contribution in [2.45, 2.75) is 12.8 Å². The standard InChI is InChI=1S/C6H8O4.Fe/c7-5(8)3-1-2-4-6(9)10;/h1-2H,3-4H2,(H,7,8)(H,9,10);/q;+2/p-2. The van der Waals surface area contributed by atoms with Crippen LogP contribution in [0, 0.1) is 0 Å². The third-order valence-electron chi connectivity index (χ3n) is 0.736. The molecule has 62 valence electrons. The Morgan fingerprint density at radius 3 is 1.45 bits per heavy atom. The minimum Gasteiger partial charge on any atom is -0.550 e. The smallest absolute Gasteiger partial charge is 0.550 e. The molecule has 0 aromatic heterocycles. The predicted molar refractivity (Wildman–Crippen MR) is 28.4 cm³/mol. The van der Waals surface area contributed by atoms with Crippen LogP contribution >= 0.6 is 0 Å². The molecule has 0 atom stereocenters. The number of rotatable bonds is 4. The second kappa shape index (κ2) is 7.31. The van der Waals surface area contributed by atoms with Gasteiger partial charge in [-0.1, -0.05) is 12.2 Å². The van der Waals surface area contributed by atoms with Gasteiger partial charge in [-0.05, 0) is 0 Å². The van der Waals surface area contributed by atoms with E-state index in [1.807, 2.05) is 0 Å². The van der Waals surface area contributed by atoms with Gasteiger partial charge in [0.2, 0.25) is 0 Å². The van der Waals surface area contributed by atoms with Crippen molar-refractivity contribution in [3.63, 3.8) is 0 Å². The van der Waals surface area contributed by atoms with Gasteiger partial charge in [0.25, 0.3) is 0 Å². The van der Waals surface area contributed by atoms with Gasteiger partial charge in [-0.2, -0.15) is 0 Å². The largest absolute Gasteiger partial charge is 2.00 e. The minimum atomic E-state index is -1.23. The molecule has 0 aromatic rings. The van der Waals surface area contributed by atoms with Crippen LogP contribution in [0.4, 0.5) is 0 Å². The zero-order valence-electron chi connectivity index (χ0n) is 5.56. The van der Waals surface area contributed by atoms with Crippen molar-refractivity contribution in [2.24, 2.45) is 0 Å². The quantitative estimate of drug-likeness (QED) is 0.380. The molecule has 0 aliphatic carbocycles. The summed E-state index contributed by atoms with van der Waals surface area (Å²) in [5, 5.41) is 19.4. The molecule has 4 nitrogen and oxygen atoms in total. The Kier molecular flexibility index (Phi) is 8.53. The van der Waals surface area contributed by atoms with E-state index in [9.17, 15) is 19.8 Å². The molecule has 0 saturated carbocycles. The van der Waals surface area contributed by atoms with E-state index < -0.39 is 11.9 Å². The van der Waals surface area contributed by atoms with Crippen LogP contribution in [0.5, 0.6) is 0 Å². The maximum atomic E-state index is 9.72. The van der Waals surface area contributed by atoms with Gasteiger partial charge in [-0.15, -0.1) is 0 Å². The summed E-state index contributed by atoms with van der Waals surface area (Å²) < 4.78 is 0. The van der Waals surface area contributed by atoms with Crippen LogP contribution in [-0.2, 0) is 26.7 Å². The van der Waals surface area contributed by atoms with Gasteiger partial charge in [0.15, 0.2) is 0 Å². The summed E-state index contributed by atoms with van der Waals surface area (Å²) in [5.41, 5.74) is 0. The van der Waals surface area contributed by atoms with Crippen LogP contribution in [0.3, 0.4) is 0 Å². The van der Waals surface area contributed by atoms with Crippen molar-refractivity contribution in [2.75, 3.05) is 0 Å². The summed E-state index contributed by atoms with van der Waals surface area (Å²) in [4.78, 5) is 19.4. The van der Waals surface area contributed by atoms with Gasteiger partial charge in [-0.25, -0.2) is 0 Å². The second-order valence-electron chi connectivity index (χ2n) is 1.62. The fraction of sp³-hybridized carbons (Fsp3) is 0.333. The van der Waals surface area contributed by atoms with Gasteiger partial charge >= 0.3 is 17.1 Å². The first kappa shape index (κ1) is 12.8. The topological polar surface area (TPSA) is 80.3 Å². The number of carboxylic acid groups (broad SMARTS) is 2. The number of carbonyl (C=O) groups is 2. The van der Waals surface area contributed by atoms with E-state index in [1.54, 1.807) is 0 Å². The fourth-order valence-corrected chi connectivity index (χ4v) is 0.359. The Balaban J connectivity index is 0. The van der Waals surface area contributed by atoms with Crippen molar-refractivity contribution in [3.8, 4) is 0 Å². The average molecular weight is 198 g/mol. The van der Waals surface area contributed by atoms with Gasteiger partial charge in [0.1, 0.15) is 0 Å². The van der Waals surface area contributed by atoms with E-state index in [4.69, 9.17) is 0 Å². The van der Waals surface area contributed by atoms with Crippen molar-refractivity contribution in [1.29, 1.82) is 0 Å². The van der Waals surface area contributed by atoms with Crippen LogP contribution in [0.2, 0.25) is 0 Å². The number of aliphatic carboxylic acids is 2. The van der Waals surface area contributed by atoms with Crippen molar-refractivity contribution in [3.05, 3.63) is 12.2 Å². The van der Waals surface area contributed by atoms with Gasteiger partial charge in [0, 0.05) is 24.8 Å². The first-order valence-electron chi connectivity index (χ1n) is 2.67. The van der Waals surface area contributed by atoms with E-state index in [2.05, 4.69) is 0 Å². The predicted octanol–water partition coefficient (Wildman–Crippen LogP) is -2.18. The van der Waals surface area contributed by atoms with Gasteiger partial charge < -0.3 is 19.8 Å². The van der Waals surface area contributed by atoms with E-state index >= 15 is 0 Å². The molecule has 11 heavy (non-hydrogen) atoms. The molecule has 0 aliphatic heterocycles. The summed E-state index contributed by atoms with van der Waals surface area (Å²) in [5.74, 6) is -2.45. The molecule has 0 heterocycles. The Bertz CT molecular complexity index is 146. The molecule has 0 aromatic carbocycles. The van der Waals surface area contributed by atoms with E-state index in [-0.39, 0.29) is 29.9 Å². The first-order valence-corrected chi connectivity index (χ1v) is 2.67. The first-order chi connectivity index (χ1) is 4.63. The monoisotopic (exact) mass is 198 g/mol. The molecule has 0 bridgehead atoms. The van der Waals surface area contributed by atoms with Gasteiger partial charge in [-0.3, -0.25) is 0 Å². The average Bonchev–Trinajstić information content (AvgIpc) is 1.79. The second-order valence-corrected chi connectivity index (χ2v) is 1.62. The van der Waals surface area contributed by atoms with Crippen LogP contribution in [0.25, 0.3) is 0 Å². The van der Waals surface area contributed by atoms with Crippen LogP contribution in [-0.4, -0.2) is 11.9 Å². The maximum absolute atomic E-state index is 9.72. The fourth-order valence-electron chi connectivity index (χ4n) is 0.359. The molecule has 0 N–H and O–H groups in total. The number of hydrogen-bond donors (Lipinski definition) is 0. The summed E-state index contributed by atoms with van der Waals surface area (Å²) in [6.07, 6.45) is 1.91. The Hall–Kier alpha value is -0.801. The number of hydrogen-bond acceptors (Lipinski definition) is 4. The summed E-state index contributed by atoms with van der Waals surface area (Å²) in [6, 6.07) is 0. The summed E-state index contributed by atoms with van der Waals surface area (Å²) in [6.45, 7) is 0. The Morgan fingerprint density at radius 1 is 1.00 bits per heavy atom. The molecule has 0 fully saturated rings. The van der Waals surface area contributed by atoms with Gasteiger partial charge in [0.05, 0.1) is 0 Å². The molecule has 0 unspecified atom stereocenters. The molecule has 0 spiro atoms. The van der Waals surface area contributed by atoms with E-state index in [1.165, 1.54) is 12.2 Å². The summed E-state index contributed by atoms with van der Waals surface area (Å²) >= 11 is 0. The van der Waals surface area contributed by atoms with Crippen LogP contribution in [0.1, 0.15) is 12.8 Å².